The lowest BCUT2D eigenvalue weighted by molar-refractivity contribution is -0.0925. The number of halogens is 2. The van der Waals surface area contributed by atoms with E-state index in [0.717, 1.165) is 6.21 Å². The van der Waals surface area contributed by atoms with Gasteiger partial charge in [0.05, 0.1) is 32.1 Å². The summed E-state index contributed by atoms with van der Waals surface area (Å²) >= 11 is 0. The summed E-state index contributed by atoms with van der Waals surface area (Å²) < 4.78 is 39.6. The third-order valence-corrected chi connectivity index (χ3v) is 3.73. The molecule has 1 saturated heterocycles. The number of rotatable bonds is 8. The quantitative estimate of drug-likeness (QED) is 0.507. The highest BCUT2D eigenvalue weighted by atomic mass is 19.3. The molecule has 0 bridgehead atoms. The van der Waals surface area contributed by atoms with Crippen LogP contribution in [0.2, 0.25) is 0 Å². The molecule has 0 aliphatic carbocycles. The van der Waals surface area contributed by atoms with Gasteiger partial charge < -0.3 is 30.3 Å². The Morgan fingerprint density at radius 2 is 2.30 bits per heavy atom. The van der Waals surface area contributed by atoms with Crippen molar-refractivity contribution >= 4 is 23.7 Å². The fourth-order valence-corrected chi connectivity index (χ4v) is 2.43. The van der Waals surface area contributed by atoms with E-state index in [0.29, 0.717) is 43.0 Å². The van der Waals surface area contributed by atoms with E-state index < -0.39 is 6.61 Å². The van der Waals surface area contributed by atoms with Gasteiger partial charge in [0.1, 0.15) is 17.6 Å². The Hall–Kier alpha value is -2.86. The van der Waals surface area contributed by atoms with Gasteiger partial charge in [-0.2, -0.15) is 8.78 Å². The zero-order valence-electron chi connectivity index (χ0n) is 14.4. The van der Waals surface area contributed by atoms with Crippen LogP contribution in [0.15, 0.2) is 12.3 Å². The molecule has 1 aliphatic rings. The minimum atomic E-state index is -2.96. The van der Waals surface area contributed by atoms with Gasteiger partial charge in [0.15, 0.2) is 11.6 Å². The number of alkyl halides is 2. The van der Waals surface area contributed by atoms with Crippen molar-refractivity contribution in [3.05, 3.63) is 18.0 Å². The van der Waals surface area contributed by atoms with Crippen molar-refractivity contribution in [2.24, 2.45) is 0 Å². The van der Waals surface area contributed by atoms with E-state index in [-0.39, 0.29) is 18.0 Å². The second-order valence-corrected chi connectivity index (χ2v) is 5.67. The average molecular weight is 383 g/mol. The van der Waals surface area contributed by atoms with Crippen LogP contribution in [-0.4, -0.2) is 65.0 Å². The standard InChI is InChI=1S/C15H19F2N7O3/c1-8(10-7-25-2-3-26-10)20-14-9(5-18)19-6-12(22-14)21-11-4-13(24-23-11)27-15(16)17/h4-6,8,10,15,18H,2-3,7H2,1H3,(H3,20,21,22,23,24)/t8-,10+/m1/s1. The van der Waals surface area contributed by atoms with Gasteiger partial charge in [-0.15, -0.1) is 5.10 Å². The van der Waals surface area contributed by atoms with E-state index in [1.54, 1.807) is 0 Å². The maximum Gasteiger partial charge on any atom is 0.388 e. The molecule has 3 heterocycles. The third kappa shape index (κ3) is 5.08. The van der Waals surface area contributed by atoms with Crippen molar-refractivity contribution in [3.8, 4) is 5.88 Å². The first-order chi connectivity index (χ1) is 13.0. The molecule has 0 unspecified atom stereocenters. The van der Waals surface area contributed by atoms with E-state index in [1.807, 2.05) is 6.92 Å². The lowest BCUT2D eigenvalue weighted by atomic mass is 10.2. The summed E-state index contributed by atoms with van der Waals surface area (Å²) in [5, 5.41) is 19.6. The molecule has 2 aromatic rings. The molecular formula is C15H19F2N7O3. The van der Waals surface area contributed by atoms with Crippen LogP contribution in [0.25, 0.3) is 0 Å². The summed E-state index contributed by atoms with van der Waals surface area (Å²) in [6, 6.07) is 1.13. The lowest BCUT2D eigenvalue weighted by Crippen LogP contribution is -2.41. The van der Waals surface area contributed by atoms with Gasteiger partial charge in [-0.05, 0) is 6.92 Å². The summed E-state index contributed by atoms with van der Waals surface area (Å²) in [5.74, 6) is 0.743. The lowest BCUT2D eigenvalue weighted by Gasteiger charge is -2.29. The number of hydrogen-bond donors (Lipinski definition) is 4. The normalized spacial score (nSPS) is 18.1. The van der Waals surface area contributed by atoms with Crippen LogP contribution in [-0.2, 0) is 9.47 Å². The second kappa shape index (κ2) is 8.68. The molecule has 10 nitrogen and oxygen atoms in total. The highest BCUT2D eigenvalue weighted by Gasteiger charge is 2.22. The zero-order valence-corrected chi connectivity index (χ0v) is 14.4. The second-order valence-electron chi connectivity index (χ2n) is 5.67. The molecule has 1 fully saturated rings. The highest BCUT2D eigenvalue weighted by Crippen LogP contribution is 2.21. The van der Waals surface area contributed by atoms with Gasteiger partial charge in [-0.25, -0.2) is 9.97 Å². The van der Waals surface area contributed by atoms with Crippen molar-refractivity contribution < 1.29 is 23.0 Å². The van der Waals surface area contributed by atoms with E-state index >= 15 is 0 Å². The molecule has 1 aliphatic heterocycles. The number of ether oxygens (including phenoxy) is 3. The molecule has 0 aromatic carbocycles. The molecule has 2 atom stereocenters. The first-order valence-corrected chi connectivity index (χ1v) is 8.16. The first-order valence-electron chi connectivity index (χ1n) is 8.16. The molecule has 2 aromatic heterocycles. The zero-order chi connectivity index (χ0) is 19.2. The highest BCUT2D eigenvalue weighted by molar-refractivity contribution is 5.82. The van der Waals surface area contributed by atoms with Gasteiger partial charge in [0, 0.05) is 12.3 Å². The van der Waals surface area contributed by atoms with Gasteiger partial charge >= 0.3 is 6.61 Å². The minimum absolute atomic E-state index is 0.133. The number of nitrogens with zero attached hydrogens (tertiary/aromatic N) is 3. The van der Waals surface area contributed by atoms with Crippen molar-refractivity contribution in [2.75, 3.05) is 30.5 Å². The van der Waals surface area contributed by atoms with Crippen LogP contribution in [0, 0.1) is 5.41 Å². The molecule has 146 valence electrons. The van der Waals surface area contributed by atoms with Gasteiger partial charge in [-0.3, -0.25) is 5.10 Å². The van der Waals surface area contributed by atoms with Crippen molar-refractivity contribution in [2.45, 2.75) is 25.7 Å². The van der Waals surface area contributed by atoms with Crippen LogP contribution in [0.1, 0.15) is 12.6 Å². The Balaban J connectivity index is 1.70. The summed E-state index contributed by atoms with van der Waals surface area (Å²) in [5.41, 5.74) is 0.343. The Morgan fingerprint density at radius 1 is 1.44 bits per heavy atom. The predicted octanol–water partition coefficient (Wildman–Crippen LogP) is 1.76. The average Bonchev–Trinajstić information content (AvgIpc) is 3.08. The molecule has 0 amide bonds. The van der Waals surface area contributed by atoms with Gasteiger partial charge in [-0.1, -0.05) is 0 Å². The number of nitrogens with one attached hydrogen (secondary N) is 4. The van der Waals surface area contributed by atoms with Crippen molar-refractivity contribution in [3.63, 3.8) is 0 Å². The Kier molecular flexibility index (Phi) is 6.08. The first kappa shape index (κ1) is 18.9. The van der Waals surface area contributed by atoms with Crippen LogP contribution in [0.4, 0.5) is 26.2 Å². The number of hydrogen-bond acceptors (Lipinski definition) is 9. The summed E-state index contributed by atoms with van der Waals surface area (Å²) in [6.07, 6.45) is 2.33. The van der Waals surface area contributed by atoms with E-state index in [1.165, 1.54) is 12.3 Å². The van der Waals surface area contributed by atoms with Crippen LogP contribution < -0.4 is 15.4 Å². The van der Waals surface area contributed by atoms with Gasteiger partial charge in [0.25, 0.3) is 0 Å². The number of aromatic amines is 1. The van der Waals surface area contributed by atoms with Crippen LogP contribution in [0.3, 0.4) is 0 Å². The van der Waals surface area contributed by atoms with E-state index in [2.05, 4.69) is 35.5 Å². The number of anilines is 3. The smallest absolute Gasteiger partial charge is 0.388 e. The third-order valence-electron chi connectivity index (χ3n) is 3.73. The fraction of sp³-hybridized carbons (Fsp3) is 0.467. The Bertz CT molecular complexity index is 768. The molecule has 0 radical (unpaired) electrons. The van der Waals surface area contributed by atoms with Gasteiger partial charge in [0.2, 0.25) is 5.88 Å². The molecular weight excluding hydrogens is 364 g/mol. The summed E-state index contributed by atoms with van der Waals surface area (Å²) in [6.45, 7) is 0.494. The van der Waals surface area contributed by atoms with Crippen molar-refractivity contribution in [1.82, 2.24) is 20.2 Å². The largest absolute Gasteiger partial charge is 0.415 e. The maximum absolute atomic E-state index is 12.2. The molecule has 4 N–H and O–H groups in total. The molecule has 0 saturated carbocycles. The van der Waals surface area contributed by atoms with E-state index in [9.17, 15) is 8.78 Å². The summed E-state index contributed by atoms with van der Waals surface area (Å²) in [4.78, 5) is 8.53. The minimum Gasteiger partial charge on any atom is -0.415 e. The SMILES string of the molecule is C[C@@H](Nc1nc(Nc2cc(OC(F)F)n[nH]2)cnc1C=N)[C@@H]1COCCO1. The molecule has 27 heavy (non-hydrogen) atoms. The number of H-pyrrole nitrogens is 1. The molecule has 0 spiro atoms. The molecule has 3 rings (SSSR count). The van der Waals surface area contributed by atoms with Crippen molar-refractivity contribution in [1.29, 1.82) is 5.41 Å². The Labute approximate surface area is 153 Å². The Morgan fingerprint density at radius 3 is 3.00 bits per heavy atom. The fourth-order valence-electron chi connectivity index (χ4n) is 2.43. The van der Waals surface area contributed by atoms with Crippen LogP contribution in [0.5, 0.6) is 5.88 Å². The maximum atomic E-state index is 12.2. The van der Waals surface area contributed by atoms with E-state index in [4.69, 9.17) is 14.9 Å². The van der Waals surface area contributed by atoms with Crippen LogP contribution >= 0.6 is 0 Å². The number of aromatic nitrogens is 4. The summed E-state index contributed by atoms with van der Waals surface area (Å²) in [7, 11) is 0. The predicted molar refractivity (Wildman–Crippen MR) is 92.1 cm³/mol. The molecule has 12 heteroatoms. The monoisotopic (exact) mass is 383 g/mol. The topological polar surface area (TPSA) is 130 Å².